The fourth-order valence-electron chi connectivity index (χ4n) is 3.28. The van der Waals surface area contributed by atoms with Gasteiger partial charge in [0.15, 0.2) is 0 Å². The number of unbranched alkanes of at least 4 members (excludes halogenated alkanes) is 1. The van der Waals surface area contributed by atoms with Crippen LogP contribution in [0.3, 0.4) is 0 Å². The number of carboxylic acid groups (broad SMARTS) is 1. The van der Waals surface area contributed by atoms with Crippen molar-refractivity contribution in [1.29, 1.82) is 0 Å². The van der Waals surface area contributed by atoms with Gasteiger partial charge in [0.1, 0.15) is 23.9 Å². The summed E-state index contributed by atoms with van der Waals surface area (Å²) in [5.74, 6) is -4.66. The molecule has 206 valence electrons. The number of primary amides is 1. The third-order valence-electron chi connectivity index (χ3n) is 5.42. The van der Waals surface area contributed by atoms with Crippen LogP contribution in [0.15, 0.2) is 24.3 Å². The van der Waals surface area contributed by atoms with Crippen LogP contribution in [0.1, 0.15) is 37.7 Å². The van der Waals surface area contributed by atoms with Crippen LogP contribution in [0.4, 0.5) is 0 Å². The zero-order valence-corrected chi connectivity index (χ0v) is 20.4. The highest BCUT2D eigenvalue weighted by molar-refractivity contribution is 5.94. The minimum atomic E-state index is -1.56. The molecule has 0 saturated carbocycles. The maximum Gasteiger partial charge on any atom is 0.326 e. The van der Waals surface area contributed by atoms with E-state index in [-0.39, 0.29) is 25.0 Å². The maximum atomic E-state index is 13.0. The molecule has 4 amide bonds. The van der Waals surface area contributed by atoms with Crippen molar-refractivity contribution in [3.8, 4) is 5.75 Å². The Bertz CT molecular complexity index is 926. The standard InChI is InChI=1S/C23H36N6O8/c24-10-2-1-3-15(25)20(33)28-17(11-13-4-6-14(31)7-5-13)21(34)29-18(12-30)22(35)27-16(23(36)37)8-9-19(26)32/h4-7,15-18,30-31H,1-3,8-12,24-25H2,(H2,26,32)(H,27,35)(H,28,33)(H,29,34)(H,36,37). The molecule has 4 unspecified atom stereocenters. The molecule has 0 saturated heterocycles. The molecule has 0 aliphatic carbocycles. The number of carboxylic acids is 1. The second-order valence-electron chi connectivity index (χ2n) is 8.47. The fourth-order valence-corrected chi connectivity index (χ4v) is 3.28. The number of phenolic OH excluding ortho intramolecular Hbond substituents is 1. The Morgan fingerprint density at radius 3 is 1.95 bits per heavy atom. The topological polar surface area (TPSA) is 260 Å². The summed E-state index contributed by atoms with van der Waals surface area (Å²) in [5, 5.41) is 35.4. The van der Waals surface area contributed by atoms with Gasteiger partial charge in [-0.1, -0.05) is 18.6 Å². The van der Waals surface area contributed by atoms with Crippen LogP contribution in [0.2, 0.25) is 0 Å². The first-order valence-electron chi connectivity index (χ1n) is 11.7. The summed E-state index contributed by atoms with van der Waals surface area (Å²) in [6.45, 7) is -0.436. The number of amides is 4. The van der Waals surface area contributed by atoms with Crippen molar-refractivity contribution in [3.63, 3.8) is 0 Å². The van der Waals surface area contributed by atoms with Gasteiger partial charge < -0.3 is 48.5 Å². The van der Waals surface area contributed by atoms with E-state index < -0.39 is 60.4 Å². The molecule has 0 fully saturated rings. The molecule has 14 nitrogen and oxygen atoms in total. The SMILES string of the molecule is NCCCCC(N)C(=O)NC(Cc1ccc(O)cc1)C(=O)NC(CO)C(=O)NC(CCC(N)=O)C(=O)O. The van der Waals surface area contributed by atoms with Gasteiger partial charge in [0, 0.05) is 12.8 Å². The van der Waals surface area contributed by atoms with Gasteiger partial charge in [-0.15, -0.1) is 0 Å². The lowest BCUT2D eigenvalue weighted by atomic mass is 10.0. The second kappa shape index (κ2) is 16.1. The molecule has 1 aromatic rings. The number of aliphatic carboxylic acids is 1. The van der Waals surface area contributed by atoms with Gasteiger partial charge in [0.05, 0.1) is 12.6 Å². The molecule has 0 aliphatic heterocycles. The van der Waals surface area contributed by atoms with Gasteiger partial charge >= 0.3 is 5.97 Å². The number of aliphatic hydroxyl groups excluding tert-OH is 1. The Morgan fingerprint density at radius 2 is 1.41 bits per heavy atom. The maximum absolute atomic E-state index is 13.0. The third kappa shape index (κ3) is 11.7. The van der Waals surface area contributed by atoms with Crippen molar-refractivity contribution >= 4 is 29.6 Å². The zero-order valence-electron chi connectivity index (χ0n) is 20.4. The number of aliphatic hydroxyl groups is 1. The van der Waals surface area contributed by atoms with Crippen molar-refractivity contribution < 1.29 is 39.3 Å². The summed E-state index contributed by atoms with van der Waals surface area (Å²) in [7, 11) is 0. The number of carbonyl (C=O) groups excluding carboxylic acids is 4. The fraction of sp³-hybridized carbons (Fsp3) is 0.522. The average Bonchev–Trinajstić information content (AvgIpc) is 2.85. The van der Waals surface area contributed by atoms with Crippen molar-refractivity contribution in [1.82, 2.24) is 16.0 Å². The third-order valence-corrected chi connectivity index (χ3v) is 5.42. The Labute approximate surface area is 213 Å². The number of hydrogen-bond donors (Lipinski definition) is 9. The number of aromatic hydroxyl groups is 1. The Balaban J connectivity index is 2.98. The largest absolute Gasteiger partial charge is 0.508 e. The molecule has 4 atom stereocenters. The van der Waals surface area contributed by atoms with E-state index in [0.717, 1.165) is 0 Å². The van der Waals surface area contributed by atoms with Crippen LogP contribution in [-0.4, -0.2) is 82.2 Å². The van der Waals surface area contributed by atoms with Gasteiger partial charge in [0.2, 0.25) is 23.6 Å². The molecule has 1 aromatic carbocycles. The van der Waals surface area contributed by atoms with E-state index in [1.54, 1.807) is 0 Å². The molecule has 0 heterocycles. The number of hydrogen-bond acceptors (Lipinski definition) is 9. The lowest BCUT2D eigenvalue weighted by Gasteiger charge is -2.24. The van der Waals surface area contributed by atoms with Crippen LogP contribution in [-0.2, 0) is 30.4 Å². The molecule has 0 aromatic heterocycles. The number of benzene rings is 1. The summed E-state index contributed by atoms with van der Waals surface area (Å²) in [6.07, 6.45) is 0.975. The van der Waals surface area contributed by atoms with Gasteiger partial charge in [-0.05, 0) is 43.5 Å². The van der Waals surface area contributed by atoms with Gasteiger partial charge in [0.25, 0.3) is 0 Å². The van der Waals surface area contributed by atoms with Gasteiger partial charge in [-0.3, -0.25) is 19.2 Å². The predicted molar refractivity (Wildman–Crippen MR) is 132 cm³/mol. The highest BCUT2D eigenvalue weighted by Crippen LogP contribution is 2.12. The molecule has 14 heteroatoms. The van der Waals surface area contributed by atoms with Crippen LogP contribution in [0.25, 0.3) is 0 Å². The molecule has 37 heavy (non-hydrogen) atoms. The molecule has 0 bridgehead atoms. The monoisotopic (exact) mass is 524 g/mol. The van der Waals surface area contributed by atoms with Crippen molar-refractivity contribution in [2.24, 2.45) is 17.2 Å². The Kier molecular flexibility index (Phi) is 13.6. The number of phenols is 1. The smallest absolute Gasteiger partial charge is 0.326 e. The highest BCUT2D eigenvalue weighted by Gasteiger charge is 2.30. The van der Waals surface area contributed by atoms with Crippen molar-refractivity contribution in [2.75, 3.05) is 13.2 Å². The van der Waals surface area contributed by atoms with E-state index in [0.29, 0.717) is 31.4 Å². The summed E-state index contributed by atoms with van der Waals surface area (Å²) >= 11 is 0. The van der Waals surface area contributed by atoms with Gasteiger partial charge in [-0.2, -0.15) is 0 Å². The Hall–Kier alpha value is -3.75. The van der Waals surface area contributed by atoms with Crippen molar-refractivity contribution in [3.05, 3.63) is 29.8 Å². The van der Waals surface area contributed by atoms with Crippen LogP contribution in [0.5, 0.6) is 5.75 Å². The van der Waals surface area contributed by atoms with Crippen molar-refractivity contribution in [2.45, 2.75) is 62.7 Å². The van der Waals surface area contributed by atoms with Gasteiger partial charge in [-0.25, -0.2) is 4.79 Å². The minimum Gasteiger partial charge on any atom is -0.508 e. The molecular weight excluding hydrogens is 488 g/mol. The van der Waals surface area contributed by atoms with Crippen LogP contribution in [0, 0.1) is 0 Å². The van der Waals surface area contributed by atoms with E-state index in [9.17, 15) is 39.3 Å². The lowest BCUT2D eigenvalue weighted by molar-refractivity contribution is -0.143. The summed E-state index contributed by atoms with van der Waals surface area (Å²) in [4.78, 5) is 60.6. The quantitative estimate of drug-likeness (QED) is 0.0944. The summed E-state index contributed by atoms with van der Waals surface area (Å²) in [5.41, 5.74) is 17.0. The van der Waals surface area contributed by atoms with Crippen LogP contribution < -0.4 is 33.2 Å². The zero-order chi connectivity index (χ0) is 28.0. The number of rotatable bonds is 17. The summed E-state index contributed by atoms with van der Waals surface area (Å²) < 4.78 is 0. The minimum absolute atomic E-state index is 0.00273. The van der Waals surface area contributed by atoms with Crippen LogP contribution >= 0.6 is 0 Å². The average molecular weight is 525 g/mol. The van der Waals surface area contributed by atoms with E-state index >= 15 is 0 Å². The predicted octanol–water partition coefficient (Wildman–Crippen LogP) is -2.81. The molecule has 12 N–H and O–H groups in total. The first-order valence-corrected chi connectivity index (χ1v) is 11.7. The lowest BCUT2D eigenvalue weighted by Crippen LogP contribution is -2.58. The number of nitrogens with one attached hydrogen (secondary N) is 3. The summed E-state index contributed by atoms with van der Waals surface area (Å²) in [6, 6.07) is 0.694. The normalized spacial score (nSPS) is 14.0. The molecule has 1 rings (SSSR count). The first-order chi connectivity index (χ1) is 17.5. The number of carbonyl (C=O) groups is 5. The first kappa shape index (κ1) is 31.3. The molecule has 0 radical (unpaired) electrons. The number of nitrogens with two attached hydrogens (primary N) is 3. The Morgan fingerprint density at radius 1 is 0.838 bits per heavy atom. The van der Waals surface area contributed by atoms with E-state index in [1.807, 2.05) is 0 Å². The van der Waals surface area contributed by atoms with E-state index in [1.165, 1.54) is 24.3 Å². The van der Waals surface area contributed by atoms with E-state index in [4.69, 9.17) is 17.2 Å². The highest BCUT2D eigenvalue weighted by atomic mass is 16.4. The second-order valence-corrected chi connectivity index (χ2v) is 8.47. The molecular formula is C23H36N6O8. The molecule has 0 aliphatic rings. The van der Waals surface area contributed by atoms with E-state index in [2.05, 4.69) is 16.0 Å². The molecule has 0 spiro atoms.